The number of aryl methyl sites for hydroxylation is 2. The van der Waals surface area contributed by atoms with Crippen molar-refractivity contribution in [1.29, 1.82) is 0 Å². The summed E-state index contributed by atoms with van der Waals surface area (Å²) in [6.07, 6.45) is 0. The van der Waals surface area contributed by atoms with Gasteiger partial charge in [-0.15, -0.1) is 0 Å². The molecule has 100 valence electrons. The summed E-state index contributed by atoms with van der Waals surface area (Å²) in [4.78, 5) is 2.43. The fourth-order valence-corrected chi connectivity index (χ4v) is 2.48. The third-order valence-corrected chi connectivity index (χ3v) is 3.38. The zero-order valence-corrected chi connectivity index (χ0v) is 12.6. The van der Waals surface area contributed by atoms with Gasteiger partial charge in [0.2, 0.25) is 0 Å². The number of benzene rings is 2. The van der Waals surface area contributed by atoms with E-state index in [1.807, 2.05) is 0 Å². The van der Waals surface area contributed by atoms with Gasteiger partial charge in [-0.05, 0) is 57.9 Å². The van der Waals surface area contributed by atoms with Crippen LogP contribution in [0.2, 0.25) is 0 Å². The summed E-state index contributed by atoms with van der Waals surface area (Å²) in [7, 11) is 0. The SMILES string of the molecule is Cc1ccccc1N(c1ccccc1C)C(C)(C)C. The van der Waals surface area contributed by atoms with Crippen LogP contribution in [0.5, 0.6) is 0 Å². The summed E-state index contributed by atoms with van der Waals surface area (Å²) in [6.45, 7) is 11.1. The van der Waals surface area contributed by atoms with Gasteiger partial charge in [-0.25, -0.2) is 0 Å². The minimum atomic E-state index is 0.0399. The van der Waals surface area contributed by atoms with E-state index in [0.717, 1.165) is 0 Å². The number of anilines is 2. The molecular formula is C18H23N. The van der Waals surface area contributed by atoms with Crippen LogP contribution < -0.4 is 4.90 Å². The van der Waals surface area contributed by atoms with Gasteiger partial charge in [-0.1, -0.05) is 36.4 Å². The molecule has 2 aromatic rings. The topological polar surface area (TPSA) is 3.24 Å². The lowest BCUT2D eigenvalue weighted by molar-refractivity contribution is 0.558. The minimum absolute atomic E-state index is 0.0399. The molecule has 0 atom stereocenters. The maximum Gasteiger partial charge on any atom is 0.0445 e. The van der Waals surface area contributed by atoms with Crippen molar-refractivity contribution in [3.8, 4) is 0 Å². The molecule has 0 heterocycles. The lowest BCUT2D eigenvalue weighted by atomic mass is 9.99. The highest BCUT2D eigenvalue weighted by atomic mass is 15.2. The van der Waals surface area contributed by atoms with Gasteiger partial charge in [0.05, 0.1) is 0 Å². The molecule has 0 saturated heterocycles. The molecule has 0 aromatic heterocycles. The van der Waals surface area contributed by atoms with Crippen LogP contribution in [0.3, 0.4) is 0 Å². The number of hydrogen-bond donors (Lipinski definition) is 0. The van der Waals surface area contributed by atoms with E-state index < -0.39 is 0 Å². The quantitative estimate of drug-likeness (QED) is 0.707. The van der Waals surface area contributed by atoms with Crippen molar-refractivity contribution in [2.45, 2.75) is 40.2 Å². The second-order valence-electron chi connectivity index (χ2n) is 6.08. The third-order valence-electron chi connectivity index (χ3n) is 3.38. The molecular weight excluding hydrogens is 230 g/mol. The lowest BCUT2D eigenvalue weighted by Gasteiger charge is -2.39. The van der Waals surface area contributed by atoms with Crippen molar-refractivity contribution in [3.05, 3.63) is 59.7 Å². The van der Waals surface area contributed by atoms with Crippen LogP contribution in [0.25, 0.3) is 0 Å². The Bertz CT molecular complexity index is 518. The molecule has 0 amide bonds. The Kier molecular flexibility index (Phi) is 3.66. The van der Waals surface area contributed by atoms with E-state index in [-0.39, 0.29) is 5.54 Å². The van der Waals surface area contributed by atoms with E-state index in [9.17, 15) is 0 Å². The molecule has 0 spiro atoms. The Morgan fingerprint density at radius 2 is 1.05 bits per heavy atom. The second kappa shape index (κ2) is 5.08. The molecule has 0 aliphatic heterocycles. The highest BCUT2D eigenvalue weighted by molar-refractivity contribution is 5.70. The molecule has 0 aliphatic rings. The van der Waals surface area contributed by atoms with Crippen LogP contribution in [-0.2, 0) is 0 Å². The first-order valence-corrected chi connectivity index (χ1v) is 6.83. The average molecular weight is 253 g/mol. The molecule has 1 heteroatoms. The summed E-state index contributed by atoms with van der Waals surface area (Å²) in [5, 5.41) is 0. The van der Waals surface area contributed by atoms with Crippen LogP contribution in [0.1, 0.15) is 31.9 Å². The Balaban J connectivity index is 2.62. The molecule has 0 radical (unpaired) electrons. The first-order valence-electron chi connectivity index (χ1n) is 6.83. The van der Waals surface area contributed by atoms with Gasteiger partial charge in [-0.3, -0.25) is 0 Å². The number of para-hydroxylation sites is 2. The van der Waals surface area contributed by atoms with Crippen molar-refractivity contribution in [2.24, 2.45) is 0 Å². The molecule has 0 unspecified atom stereocenters. The van der Waals surface area contributed by atoms with E-state index in [1.165, 1.54) is 22.5 Å². The normalized spacial score (nSPS) is 11.4. The summed E-state index contributed by atoms with van der Waals surface area (Å²) < 4.78 is 0. The Morgan fingerprint density at radius 1 is 0.684 bits per heavy atom. The molecule has 0 saturated carbocycles. The van der Waals surface area contributed by atoms with Gasteiger partial charge in [0.1, 0.15) is 0 Å². The molecule has 0 bridgehead atoms. The smallest absolute Gasteiger partial charge is 0.0445 e. The number of nitrogens with zero attached hydrogens (tertiary/aromatic N) is 1. The van der Waals surface area contributed by atoms with Gasteiger partial charge in [0, 0.05) is 16.9 Å². The predicted molar refractivity (Wildman–Crippen MR) is 84.3 cm³/mol. The summed E-state index contributed by atoms with van der Waals surface area (Å²) in [5.74, 6) is 0. The third kappa shape index (κ3) is 2.81. The van der Waals surface area contributed by atoms with Gasteiger partial charge >= 0.3 is 0 Å². The molecule has 2 rings (SSSR count). The van der Waals surface area contributed by atoms with Crippen LogP contribution in [-0.4, -0.2) is 5.54 Å². The fourth-order valence-electron chi connectivity index (χ4n) is 2.48. The first-order chi connectivity index (χ1) is 8.91. The maximum absolute atomic E-state index is 2.43. The predicted octanol–water partition coefficient (Wildman–Crippen LogP) is 5.24. The molecule has 19 heavy (non-hydrogen) atoms. The van der Waals surface area contributed by atoms with E-state index in [2.05, 4.69) is 88.0 Å². The van der Waals surface area contributed by atoms with Gasteiger partial charge in [0.15, 0.2) is 0 Å². The molecule has 1 nitrogen and oxygen atoms in total. The monoisotopic (exact) mass is 253 g/mol. The summed E-state index contributed by atoms with van der Waals surface area (Å²) in [5.41, 5.74) is 5.22. The zero-order chi connectivity index (χ0) is 14.0. The lowest BCUT2D eigenvalue weighted by Crippen LogP contribution is -2.38. The molecule has 0 aliphatic carbocycles. The average Bonchev–Trinajstić information content (AvgIpc) is 2.33. The molecule has 0 N–H and O–H groups in total. The van der Waals surface area contributed by atoms with Crippen LogP contribution in [0, 0.1) is 13.8 Å². The van der Waals surface area contributed by atoms with Crippen LogP contribution >= 0.6 is 0 Å². The van der Waals surface area contributed by atoms with E-state index in [0.29, 0.717) is 0 Å². The molecule has 2 aromatic carbocycles. The summed E-state index contributed by atoms with van der Waals surface area (Å²) >= 11 is 0. The van der Waals surface area contributed by atoms with Crippen LogP contribution in [0.15, 0.2) is 48.5 Å². The van der Waals surface area contributed by atoms with Gasteiger partial charge < -0.3 is 4.90 Å². The van der Waals surface area contributed by atoms with Crippen LogP contribution in [0.4, 0.5) is 11.4 Å². The Labute approximate surface area is 116 Å². The van der Waals surface area contributed by atoms with Gasteiger partial charge in [0.25, 0.3) is 0 Å². The van der Waals surface area contributed by atoms with Crippen molar-refractivity contribution >= 4 is 11.4 Å². The van der Waals surface area contributed by atoms with Crippen molar-refractivity contribution in [2.75, 3.05) is 4.90 Å². The van der Waals surface area contributed by atoms with Crippen molar-refractivity contribution in [3.63, 3.8) is 0 Å². The molecule has 0 fully saturated rings. The van der Waals surface area contributed by atoms with E-state index in [1.54, 1.807) is 0 Å². The maximum atomic E-state index is 2.43. The fraction of sp³-hybridized carbons (Fsp3) is 0.333. The van der Waals surface area contributed by atoms with Crippen molar-refractivity contribution < 1.29 is 0 Å². The second-order valence-corrected chi connectivity index (χ2v) is 6.08. The first kappa shape index (κ1) is 13.7. The van der Waals surface area contributed by atoms with Crippen molar-refractivity contribution in [1.82, 2.24) is 0 Å². The highest BCUT2D eigenvalue weighted by Crippen LogP contribution is 2.36. The standard InChI is InChI=1S/C18H23N/c1-14-10-6-8-12-16(14)19(18(3,4)5)17-13-9-7-11-15(17)2/h6-13H,1-5H3. The van der Waals surface area contributed by atoms with E-state index >= 15 is 0 Å². The Morgan fingerprint density at radius 3 is 1.37 bits per heavy atom. The largest absolute Gasteiger partial charge is 0.336 e. The Hall–Kier alpha value is -1.76. The number of rotatable bonds is 2. The minimum Gasteiger partial charge on any atom is -0.336 e. The summed E-state index contributed by atoms with van der Waals surface area (Å²) in [6, 6.07) is 17.2. The zero-order valence-electron chi connectivity index (χ0n) is 12.6. The highest BCUT2D eigenvalue weighted by Gasteiger charge is 2.25. The number of hydrogen-bond acceptors (Lipinski definition) is 1. The van der Waals surface area contributed by atoms with Gasteiger partial charge in [-0.2, -0.15) is 0 Å². The van der Waals surface area contributed by atoms with E-state index in [4.69, 9.17) is 0 Å².